The van der Waals surface area contributed by atoms with Crippen LogP contribution in [0.4, 0.5) is 0 Å². The Hall–Kier alpha value is -0.160. The molecule has 0 saturated carbocycles. The number of phenols is 1. The van der Waals surface area contributed by atoms with Crippen LogP contribution in [0.1, 0.15) is 10.4 Å². The molecule has 0 aliphatic rings. The van der Waals surface area contributed by atoms with E-state index in [9.17, 15) is 4.79 Å². The van der Waals surface area contributed by atoms with Gasteiger partial charge in [-0.25, -0.2) is 4.79 Å². The van der Waals surface area contributed by atoms with Crippen LogP contribution in [-0.4, -0.2) is 47.7 Å². The van der Waals surface area contributed by atoms with Crippen LogP contribution in [0.2, 0.25) is 0 Å². The van der Waals surface area contributed by atoms with E-state index in [1.165, 1.54) is 25.3 Å². The molecule has 0 saturated heterocycles. The summed E-state index contributed by atoms with van der Waals surface area (Å²) in [6.07, 6.45) is 0. The van der Waals surface area contributed by atoms with E-state index in [-0.39, 0.29) is 35.3 Å². The van der Waals surface area contributed by atoms with E-state index < -0.39 is 5.97 Å². The SMILES string of the molecule is COC(=O)c1ccc(S)c(O)c1.[Na]. The van der Waals surface area contributed by atoms with Gasteiger partial charge in [-0.15, -0.1) is 12.6 Å². The molecule has 5 heteroatoms. The molecular weight excluding hydrogens is 199 g/mol. The van der Waals surface area contributed by atoms with Gasteiger partial charge in [0, 0.05) is 34.5 Å². The fraction of sp³-hybridized carbons (Fsp3) is 0.125. The number of aromatic hydroxyl groups is 1. The maximum Gasteiger partial charge on any atom is 0.337 e. The maximum atomic E-state index is 10.9. The van der Waals surface area contributed by atoms with E-state index in [4.69, 9.17) is 5.11 Å². The van der Waals surface area contributed by atoms with E-state index in [2.05, 4.69) is 17.4 Å². The van der Waals surface area contributed by atoms with E-state index in [0.717, 1.165) is 0 Å². The van der Waals surface area contributed by atoms with Gasteiger partial charge >= 0.3 is 5.97 Å². The third-order valence-corrected chi connectivity index (χ3v) is 1.77. The molecule has 0 aliphatic heterocycles. The zero-order chi connectivity index (χ0) is 9.14. The molecule has 1 aromatic rings. The summed E-state index contributed by atoms with van der Waals surface area (Å²) in [5, 5.41) is 9.16. The Morgan fingerprint density at radius 2 is 2.15 bits per heavy atom. The topological polar surface area (TPSA) is 46.5 Å². The molecule has 1 radical (unpaired) electrons. The third kappa shape index (κ3) is 3.23. The molecule has 0 aromatic heterocycles. The van der Waals surface area contributed by atoms with Crippen molar-refractivity contribution in [1.29, 1.82) is 0 Å². The number of methoxy groups -OCH3 is 1. The molecule has 0 heterocycles. The van der Waals surface area contributed by atoms with Crippen molar-refractivity contribution in [2.24, 2.45) is 0 Å². The first-order valence-electron chi connectivity index (χ1n) is 3.25. The Kier molecular flexibility index (Phi) is 5.48. The third-order valence-electron chi connectivity index (χ3n) is 1.40. The summed E-state index contributed by atoms with van der Waals surface area (Å²) in [7, 11) is 1.29. The standard InChI is InChI=1S/C8H8O3S.Na/c1-11-8(10)5-2-3-7(12)6(9)4-5;/h2-4,9,12H,1H3;. The van der Waals surface area contributed by atoms with Crippen LogP contribution in [0.25, 0.3) is 0 Å². The number of rotatable bonds is 1. The van der Waals surface area contributed by atoms with Gasteiger partial charge in [0.15, 0.2) is 0 Å². The number of benzene rings is 1. The van der Waals surface area contributed by atoms with E-state index in [1.54, 1.807) is 0 Å². The largest absolute Gasteiger partial charge is 0.507 e. The fourth-order valence-electron chi connectivity index (χ4n) is 0.768. The van der Waals surface area contributed by atoms with E-state index in [1.807, 2.05) is 0 Å². The van der Waals surface area contributed by atoms with E-state index in [0.29, 0.717) is 10.5 Å². The number of hydrogen-bond donors (Lipinski definition) is 2. The van der Waals surface area contributed by atoms with Crippen LogP contribution >= 0.6 is 12.6 Å². The van der Waals surface area contributed by atoms with Crippen molar-refractivity contribution in [1.82, 2.24) is 0 Å². The molecule has 0 aliphatic carbocycles. The molecule has 0 unspecified atom stereocenters. The van der Waals surface area contributed by atoms with Gasteiger partial charge in [-0.3, -0.25) is 0 Å². The Morgan fingerprint density at radius 1 is 1.54 bits per heavy atom. The minimum atomic E-state index is -0.473. The average molecular weight is 207 g/mol. The van der Waals surface area contributed by atoms with Crippen molar-refractivity contribution in [2.45, 2.75) is 4.90 Å². The van der Waals surface area contributed by atoms with Crippen molar-refractivity contribution in [2.75, 3.05) is 7.11 Å². The molecule has 0 amide bonds. The average Bonchev–Trinajstić information content (AvgIpc) is 2.08. The molecule has 0 spiro atoms. The smallest absolute Gasteiger partial charge is 0.337 e. The number of ether oxygens (including phenoxy) is 1. The van der Waals surface area contributed by atoms with Crippen molar-refractivity contribution in [3.8, 4) is 5.75 Å². The summed E-state index contributed by atoms with van der Waals surface area (Å²) in [6.45, 7) is 0. The van der Waals surface area contributed by atoms with Crippen LogP contribution in [-0.2, 0) is 4.74 Å². The van der Waals surface area contributed by atoms with Crippen LogP contribution in [0.5, 0.6) is 5.75 Å². The second kappa shape index (κ2) is 5.54. The number of phenolic OH excluding ortho intramolecular Hbond substituents is 1. The summed E-state index contributed by atoms with van der Waals surface area (Å²) < 4.78 is 4.46. The van der Waals surface area contributed by atoms with Crippen molar-refractivity contribution in [3.63, 3.8) is 0 Å². The van der Waals surface area contributed by atoms with Crippen LogP contribution in [0.15, 0.2) is 23.1 Å². The summed E-state index contributed by atoms with van der Waals surface area (Å²) in [6, 6.07) is 4.38. The maximum absolute atomic E-state index is 10.9. The van der Waals surface area contributed by atoms with Gasteiger partial charge in [-0.2, -0.15) is 0 Å². The fourth-order valence-corrected chi connectivity index (χ4v) is 0.907. The van der Waals surface area contributed by atoms with Gasteiger partial charge in [0.2, 0.25) is 0 Å². The van der Waals surface area contributed by atoms with E-state index >= 15 is 0 Å². The second-order valence-corrected chi connectivity index (χ2v) is 2.68. The summed E-state index contributed by atoms with van der Waals surface area (Å²) in [4.78, 5) is 11.4. The van der Waals surface area contributed by atoms with Gasteiger partial charge in [-0.05, 0) is 18.2 Å². The predicted molar refractivity (Wildman–Crippen MR) is 52.5 cm³/mol. The van der Waals surface area contributed by atoms with Crippen LogP contribution in [0.3, 0.4) is 0 Å². The molecular formula is C8H8NaO3S. The summed E-state index contributed by atoms with van der Waals surface area (Å²) in [5.41, 5.74) is 0.313. The molecule has 3 nitrogen and oxygen atoms in total. The monoisotopic (exact) mass is 207 g/mol. The summed E-state index contributed by atoms with van der Waals surface area (Å²) in [5.74, 6) is -0.500. The number of carbonyl (C=O) groups is 1. The molecule has 0 fully saturated rings. The van der Waals surface area contributed by atoms with Crippen molar-refractivity contribution >= 4 is 48.2 Å². The molecule has 65 valence electrons. The zero-order valence-electron chi connectivity index (χ0n) is 7.44. The Labute approximate surface area is 104 Å². The first kappa shape index (κ1) is 12.8. The molecule has 0 atom stereocenters. The number of hydrogen-bond acceptors (Lipinski definition) is 4. The Morgan fingerprint density at radius 3 is 2.62 bits per heavy atom. The van der Waals surface area contributed by atoms with Gasteiger partial charge < -0.3 is 9.84 Å². The number of thiol groups is 1. The number of carbonyl (C=O) groups excluding carboxylic acids is 1. The molecule has 1 aromatic carbocycles. The molecule has 13 heavy (non-hydrogen) atoms. The Balaban J connectivity index is 0.00000144. The van der Waals surface area contributed by atoms with Gasteiger partial charge in [0.05, 0.1) is 12.7 Å². The summed E-state index contributed by atoms with van der Waals surface area (Å²) >= 11 is 3.94. The normalized spacial score (nSPS) is 8.77. The van der Waals surface area contributed by atoms with Crippen LogP contribution in [0, 0.1) is 0 Å². The quantitative estimate of drug-likeness (QED) is 0.411. The molecule has 0 bridgehead atoms. The van der Waals surface area contributed by atoms with Crippen molar-refractivity contribution in [3.05, 3.63) is 23.8 Å². The van der Waals surface area contributed by atoms with Crippen molar-refractivity contribution < 1.29 is 14.6 Å². The van der Waals surface area contributed by atoms with Gasteiger partial charge in [0.1, 0.15) is 5.75 Å². The minimum absolute atomic E-state index is 0. The first-order valence-corrected chi connectivity index (χ1v) is 3.70. The minimum Gasteiger partial charge on any atom is -0.507 e. The number of esters is 1. The predicted octanol–water partition coefficient (Wildman–Crippen LogP) is 1.09. The molecule has 1 rings (SSSR count). The Bertz CT molecular complexity index is 314. The first-order chi connectivity index (χ1) is 5.65. The van der Waals surface area contributed by atoms with Gasteiger partial charge in [-0.1, -0.05) is 0 Å². The molecule has 1 N–H and O–H groups in total. The zero-order valence-corrected chi connectivity index (χ0v) is 10.3. The van der Waals surface area contributed by atoms with Gasteiger partial charge in [0.25, 0.3) is 0 Å². The second-order valence-electron chi connectivity index (χ2n) is 2.20. The van der Waals surface area contributed by atoms with Crippen LogP contribution < -0.4 is 0 Å².